The Morgan fingerprint density at radius 1 is 1.75 bits per heavy atom. The molecule has 0 aliphatic rings. The van der Waals surface area contributed by atoms with E-state index in [9.17, 15) is 0 Å². The molecule has 0 aromatic carbocycles. The lowest BCUT2D eigenvalue weighted by Gasteiger charge is -1.81. The van der Waals surface area contributed by atoms with Crippen LogP contribution in [0.4, 0.5) is 0 Å². The van der Waals surface area contributed by atoms with Gasteiger partial charge in [0.25, 0.3) is 0 Å². The molecule has 0 fully saturated rings. The Labute approximate surface area is 72.7 Å². The first kappa shape index (κ1) is 8.77. The molecule has 46 valence electrons. The highest BCUT2D eigenvalue weighted by molar-refractivity contribution is 14.1. The minimum atomic E-state index is 0.326. The third kappa shape index (κ3) is 6.77. The number of hydrogen-bond donors (Lipinski definition) is 0. The summed E-state index contributed by atoms with van der Waals surface area (Å²) in [4.78, 5) is 0. The standard InChI is InChI=1S/C6H8BrI/c1-2-3-4-5-6(7)8/h6H,2-3H2,1H3. The number of unbranched alkanes of at least 4 members (excludes halogenated alkanes) is 1. The fourth-order valence-corrected chi connectivity index (χ4v) is 0.656. The molecular formula is C6H8BrI. The fraction of sp³-hybridized carbons (Fsp3) is 0.667. The smallest absolute Gasteiger partial charge is 0.101 e. The summed E-state index contributed by atoms with van der Waals surface area (Å²) in [5.74, 6) is 6.03. The zero-order chi connectivity index (χ0) is 6.41. The minimum absolute atomic E-state index is 0.326. The van der Waals surface area contributed by atoms with Crippen molar-refractivity contribution in [2.24, 2.45) is 0 Å². The molecule has 1 atom stereocenters. The van der Waals surface area contributed by atoms with Crippen molar-refractivity contribution in [3.05, 3.63) is 0 Å². The summed E-state index contributed by atoms with van der Waals surface area (Å²) in [6, 6.07) is 0. The third-order valence-electron chi connectivity index (χ3n) is 0.586. The Bertz CT molecular complexity index is 98.8. The van der Waals surface area contributed by atoms with Crippen LogP contribution in [0.25, 0.3) is 0 Å². The van der Waals surface area contributed by atoms with Crippen molar-refractivity contribution in [1.82, 2.24) is 0 Å². The van der Waals surface area contributed by atoms with Crippen LogP contribution in [-0.4, -0.2) is 2.83 Å². The number of rotatable bonds is 1. The first-order chi connectivity index (χ1) is 3.77. The lowest BCUT2D eigenvalue weighted by molar-refractivity contribution is 0.983. The molecule has 0 aromatic rings. The van der Waals surface area contributed by atoms with Gasteiger partial charge in [-0.25, -0.2) is 0 Å². The largest absolute Gasteiger partial charge is 0.126 e. The summed E-state index contributed by atoms with van der Waals surface area (Å²) < 4.78 is 0.326. The molecular weight excluding hydrogens is 279 g/mol. The quantitative estimate of drug-likeness (QED) is 0.395. The summed E-state index contributed by atoms with van der Waals surface area (Å²) in [5, 5.41) is 0. The average Bonchev–Trinajstić information content (AvgIpc) is 1.66. The predicted octanol–water partition coefficient (Wildman–Crippen LogP) is 2.95. The molecule has 0 aliphatic carbocycles. The van der Waals surface area contributed by atoms with Crippen molar-refractivity contribution in [3.63, 3.8) is 0 Å². The number of halogens is 2. The normalized spacial score (nSPS) is 11.9. The second kappa shape index (κ2) is 5.90. The van der Waals surface area contributed by atoms with E-state index >= 15 is 0 Å². The van der Waals surface area contributed by atoms with Crippen LogP contribution in [0.2, 0.25) is 0 Å². The van der Waals surface area contributed by atoms with Crippen LogP contribution in [-0.2, 0) is 0 Å². The topological polar surface area (TPSA) is 0 Å². The monoisotopic (exact) mass is 286 g/mol. The van der Waals surface area contributed by atoms with Gasteiger partial charge in [0.15, 0.2) is 0 Å². The van der Waals surface area contributed by atoms with Crippen molar-refractivity contribution in [1.29, 1.82) is 0 Å². The van der Waals surface area contributed by atoms with Crippen LogP contribution in [0.3, 0.4) is 0 Å². The van der Waals surface area contributed by atoms with Gasteiger partial charge in [0.2, 0.25) is 0 Å². The van der Waals surface area contributed by atoms with Crippen LogP contribution in [0.5, 0.6) is 0 Å². The lowest BCUT2D eigenvalue weighted by atomic mass is 10.3. The van der Waals surface area contributed by atoms with Crippen LogP contribution < -0.4 is 0 Å². The van der Waals surface area contributed by atoms with Gasteiger partial charge in [0.1, 0.15) is 2.83 Å². The molecule has 0 amide bonds. The van der Waals surface area contributed by atoms with E-state index in [1.54, 1.807) is 0 Å². The summed E-state index contributed by atoms with van der Waals surface area (Å²) in [6.07, 6.45) is 2.18. The summed E-state index contributed by atoms with van der Waals surface area (Å²) in [5.41, 5.74) is 0. The van der Waals surface area contributed by atoms with Crippen LogP contribution in [0, 0.1) is 11.8 Å². The van der Waals surface area contributed by atoms with E-state index in [1.165, 1.54) is 0 Å². The Kier molecular flexibility index (Phi) is 6.47. The molecule has 0 saturated heterocycles. The van der Waals surface area contributed by atoms with Gasteiger partial charge in [-0.1, -0.05) is 51.4 Å². The maximum atomic E-state index is 3.32. The summed E-state index contributed by atoms with van der Waals surface area (Å²) in [7, 11) is 0. The van der Waals surface area contributed by atoms with Gasteiger partial charge in [-0.05, 0) is 6.42 Å². The van der Waals surface area contributed by atoms with E-state index in [0.717, 1.165) is 12.8 Å². The second-order valence-electron chi connectivity index (χ2n) is 1.37. The zero-order valence-electron chi connectivity index (χ0n) is 4.75. The Balaban J connectivity index is 3.20. The molecule has 0 spiro atoms. The van der Waals surface area contributed by atoms with Crippen molar-refractivity contribution in [2.45, 2.75) is 22.6 Å². The molecule has 0 N–H and O–H groups in total. The predicted molar refractivity (Wildman–Crippen MR) is 49.4 cm³/mol. The first-order valence-corrected chi connectivity index (χ1v) is 4.70. The van der Waals surface area contributed by atoms with E-state index in [1.807, 2.05) is 0 Å². The highest BCUT2D eigenvalue weighted by Crippen LogP contribution is 2.05. The number of alkyl halides is 2. The van der Waals surface area contributed by atoms with Crippen LogP contribution in [0.15, 0.2) is 0 Å². The Morgan fingerprint density at radius 2 is 2.38 bits per heavy atom. The molecule has 0 aliphatic heterocycles. The molecule has 0 nitrogen and oxygen atoms in total. The van der Waals surface area contributed by atoms with Gasteiger partial charge in [-0.2, -0.15) is 0 Å². The SMILES string of the molecule is CCCC#CC(Br)I. The maximum Gasteiger partial charge on any atom is 0.126 e. The van der Waals surface area contributed by atoms with E-state index in [0.29, 0.717) is 2.83 Å². The minimum Gasteiger partial charge on any atom is -0.101 e. The molecule has 2 heteroatoms. The van der Waals surface area contributed by atoms with Crippen molar-refractivity contribution >= 4 is 38.5 Å². The van der Waals surface area contributed by atoms with Crippen molar-refractivity contribution < 1.29 is 0 Å². The van der Waals surface area contributed by atoms with E-state index < -0.39 is 0 Å². The van der Waals surface area contributed by atoms with Gasteiger partial charge in [-0.3, -0.25) is 0 Å². The first-order valence-electron chi connectivity index (χ1n) is 2.54. The lowest BCUT2D eigenvalue weighted by Crippen LogP contribution is -1.73. The van der Waals surface area contributed by atoms with E-state index in [4.69, 9.17) is 0 Å². The third-order valence-corrected chi connectivity index (χ3v) is 1.13. The van der Waals surface area contributed by atoms with Gasteiger partial charge in [0.05, 0.1) is 0 Å². The van der Waals surface area contributed by atoms with E-state index in [2.05, 4.69) is 57.3 Å². The molecule has 0 saturated carbocycles. The van der Waals surface area contributed by atoms with Crippen molar-refractivity contribution in [3.8, 4) is 11.8 Å². The summed E-state index contributed by atoms with van der Waals surface area (Å²) >= 11 is 5.54. The van der Waals surface area contributed by atoms with Gasteiger partial charge in [0, 0.05) is 6.42 Å². The molecule has 0 heterocycles. The second-order valence-corrected chi connectivity index (χ2v) is 5.24. The van der Waals surface area contributed by atoms with Crippen LogP contribution in [0.1, 0.15) is 19.8 Å². The van der Waals surface area contributed by atoms with Crippen molar-refractivity contribution in [2.75, 3.05) is 0 Å². The summed E-state index contributed by atoms with van der Waals surface area (Å²) in [6.45, 7) is 2.13. The number of hydrogen-bond acceptors (Lipinski definition) is 0. The average molecular weight is 287 g/mol. The molecule has 0 rings (SSSR count). The molecule has 0 radical (unpaired) electrons. The molecule has 0 aromatic heterocycles. The highest BCUT2D eigenvalue weighted by Gasteiger charge is 1.83. The highest BCUT2D eigenvalue weighted by atomic mass is 127. The van der Waals surface area contributed by atoms with E-state index in [-0.39, 0.29) is 0 Å². The van der Waals surface area contributed by atoms with Gasteiger partial charge in [-0.15, -0.1) is 5.92 Å². The van der Waals surface area contributed by atoms with Gasteiger partial charge < -0.3 is 0 Å². The van der Waals surface area contributed by atoms with Gasteiger partial charge >= 0.3 is 0 Å². The molecule has 8 heavy (non-hydrogen) atoms. The molecule has 0 bridgehead atoms. The van der Waals surface area contributed by atoms with Crippen LogP contribution >= 0.6 is 38.5 Å². The maximum absolute atomic E-state index is 3.32. The Morgan fingerprint density at radius 3 is 2.75 bits per heavy atom. The zero-order valence-corrected chi connectivity index (χ0v) is 8.49. The Hall–Kier alpha value is 0.770. The fourth-order valence-electron chi connectivity index (χ4n) is 0.274. The molecule has 1 unspecified atom stereocenters.